The molecular weight excluding hydrogens is 366 g/mol. The molecule has 0 spiro atoms. The molecule has 0 heterocycles. The topological polar surface area (TPSA) is 80.8 Å². The van der Waals surface area contributed by atoms with E-state index in [9.17, 15) is 18.0 Å². The van der Waals surface area contributed by atoms with Gasteiger partial charge in [-0.1, -0.05) is 41.9 Å². The maximum atomic E-state index is 12.3. The van der Waals surface area contributed by atoms with Crippen LogP contribution in [0.4, 0.5) is 0 Å². The zero-order valence-corrected chi connectivity index (χ0v) is 15.0. The molecule has 8 heteroatoms. The Hall–Kier alpha value is -2.22. The molecule has 0 amide bonds. The van der Waals surface area contributed by atoms with E-state index < -0.39 is 29.1 Å². The largest absolute Gasteiger partial charge is 0.456 e. The molecule has 0 bridgehead atoms. The number of hydrogen-bond donors (Lipinski definition) is 0. The molecule has 0 saturated carbocycles. The lowest BCUT2D eigenvalue weighted by atomic mass is 10.1. The van der Waals surface area contributed by atoms with Crippen LogP contribution in [-0.4, -0.2) is 44.7 Å². The molecule has 2 aromatic carbocycles. The molecule has 0 aliphatic heterocycles. The maximum absolute atomic E-state index is 12.3. The predicted molar refractivity (Wildman–Crippen MR) is 93.0 cm³/mol. The molecule has 0 atom stereocenters. The number of carbonyl (C=O) groups is 2. The van der Waals surface area contributed by atoms with Gasteiger partial charge in [0.15, 0.2) is 12.4 Å². The number of halogens is 1. The smallest absolute Gasteiger partial charge is 0.321 e. The van der Waals surface area contributed by atoms with E-state index in [1.807, 2.05) is 0 Å². The molecule has 25 heavy (non-hydrogen) atoms. The lowest BCUT2D eigenvalue weighted by molar-refractivity contribution is -0.142. The van der Waals surface area contributed by atoms with Gasteiger partial charge in [-0.15, -0.1) is 0 Å². The summed E-state index contributed by atoms with van der Waals surface area (Å²) in [7, 11) is -2.60. The number of nitrogens with zero attached hydrogens (tertiary/aromatic N) is 1. The zero-order chi connectivity index (χ0) is 18.4. The number of sulfonamides is 1. The molecule has 0 fully saturated rings. The van der Waals surface area contributed by atoms with Gasteiger partial charge in [0.25, 0.3) is 0 Å². The van der Waals surface area contributed by atoms with Gasteiger partial charge in [-0.3, -0.25) is 9.59 Å². The Morgan fingerprint density at radius 3 is 2.24 bits per heavy atom. The lowest BCUT2D eigenvalue weighted by Crippen LogP contribution is -2.33. The van der Waals surface area contributed by atoms with Crippen LogP contribution in [0, 0.1) is 0 Å². The van der Waals surface area contributed by atoms with Crippen LogP contribution < -0.4 is 0 Å². The van der Waals surface area contributed by atoms with Gasteiger partial charge in [-0.25, -0.2) is 8.42 Å². The highest BCUT2D eigenvalue weighted by Gasteiger charge is 2.23. The summed E-state index contributed by atoms with van der Waals surface area (Å²) in [6.45, 7) is -0.954. The van der Waals surface area contributed by atoms with E-state index in [0.29, 0.717) is 10.6 Å². The average Bonchev–Trinajstić information content (AvgIpc) is 2.60. The fourth-order valence-electron chi connectivity index (χ4n) is 1.95. The third kappa shape index (κ3) is 5.12. The third-order valence-corrected chi connectivity index (χ3v) is 5.40. The van der Waals surface area contributed by atoms with Gasteiger partial charge in [-0.2, -0.15) is 4.31 Å². The number of hydrogen-bond acceptors (Lipinski definition) is 5. The van der Waals surface area contributed by atoms with Crippen molar-refractivity contribution < 1.29 is 22.7 Å². The number of Topliss-reactive ketones (excluding diaryl/α,β-unsaturated/α-hetero) is 1. The first-order chi connectivity index (χ1) is 11.8. The fourth-order valence-corrected chi connectivity index (χ4v) is 3.19. The van der Waals surface area contributed by atoms with E-state index in [4.69, 9.17) is 16.3 Å². The second-order valence-electron chi connectivity index (χ2n) is 5.16. The van der Waals surface area contributed by atoms with Crippen molar-refractivity contribution >= 4 is 33.4 Å². The van der Waals surface area contributed by atoms with Gasteiger partial charge in [0.1, 0.15) is 6.54 Å². The molecule has 6 nitrogen and oxygen atoms in total. The van der Waals surface area contributed by atoms with Crippen LogP contribution in [0.2, 0.25) is 5.02 Å². The van der Waals surface area contributed by atoms with Crippen molar-refractivity contribution in [2.45, 2.75) is 4.90 Å². The number of benzene rings is 2. The Balaban J connectivity index is 1.93. The van der Waals surface area contributed by atoms with Crippen molar-refractivity contribution in [2.75, 3.05) is 20.2 Å². The molecule has 132 valence electrons. The minimum absolute atomic E-state index is 0.00700. The molecule has 2 aromatic rings. The first-order valence-corrected chi connectivity index (χ1v) is 9.08. The molecule has 0 unspecified atom stereocenters. The standard InChI is InChI=1S/C17H16ClNO5S/c1-19(25(22,23)15-9-7-14(18)8-10-15)11-17(21)24-12-16(20)13-5-3-2-4-6-13/h2-10H,11-12H2,1H3. The molecular formula is C17H16ClNO5S. The molecule has 0 radical (unpaired) electrons. The average molecular weight is 382 g/mol. The quantitative estimate of drug-likeness (QED) is 0.543. The number of ether oxygens (including phenoxy) is 1. The SMILES string of the molecule is CN(CC(=O)OCC(=O)c1ccccc1)S(=O)(=O)c1ccc(Cl)cc1. The summed E-state index contributed by atoms with van der Waals surface area (Å²) in [4.78, 5) is 23.7. The molecule has 0 aliphatic rings. The van der Waals surface area contributed by atoms with Crippen molar-refractivity contribution in [3.63, 3.8) is 0 Å². The van der Waals surface area contributed by atoms with Crippen LogP contribution in [-0.2, 0) is 19.6 Å². The lowest BCUT2D eigenvalue weighted by Gasteiger charge is -2.16. The Morgan fingerprint density at radius 2 is 1.64 bits per heavy atom. The van der Waals surface area contributed by atoms with E-state index in [0.717, 1.165) is 4.31 Å². The van der Waals surface area contributed by atoms with Crippen molar-refractivity contribution in [1.82, 2.24) is 4.31 Å². The summed E-state index contributed by atoms with van der Waals surface area (Å²) in [6.07, 6.45) is 0. The summed E-state index contributed by atoms with van der Waals surface area (Å²) >= 11 is 5.73. The Labute approximate surface area is 151 Å². The van der Waals surface area contributed by atoms with Crippen LogP contribution in [0.25, 0.3) is 0 Å². The monoisotopic (exact) mass is 381 g/mol. The minimum atomic E-state index is -3.85. The van der Waals surface area contributed by atoms with Crippen LogP contribution in [0.3, 0.4) is 0 Å². The molecule has 0 aliphatic carbocycles. The third-order valence-electron chi connectivity index (χ3n) is 3.33. The second-order valence-corrected chi connectivity index (χ2v) is 7.65. The summed E-state index contributed by atoms with van der Waals surface area (Å²) in [5.74, 6) is -1.18. The van der Waals surface area contributed by atoms with Crippen molar-refractivity contribution in [2.24, 2.45) is 0 Å². The van der Waals surface area contributed by atoms with Gasteiger partial charge >= 0.3 is 5.97 Å². The summed E-state index contributed by atoms with van der Waals surface area (Å²) < 4.78 is 30.4. The molecule has 0 aromatic heterocycles. The van der Waals surface area contributed by atoms with E-state index in [1.165, 1.54) is 31.3 Å². The Bertz CT molecular complexity index is 850. The van der Waals surface area contributed by atoms with Gasteiger partial charge in [0.2, 0.25) is 10.0 Å². The van der Waals surface area contributed by atoms with Gasteiger partial charge in [0, 0.05) is 17.6 Å². The molecule has 2 rings (SSSR count). The zero-order valence-electron chi connectivity index (χ0n) is 13.4. The van der Waals surface area contributed by atoms with Gasteiger partial charge < -0.3 is 4.74 Å². The fraction of sp³-hybridized carbons (Fsp3) is 0.176. The molecule has 0 N–H and O–H groups in total. The highest BCUT2D eigenvalue weighted by molar-refractivity contribution is 7.89. The Morgan fingerprint density at radius 1 is 1.04 bits per heavy atom. The summed E-state index contributed by atoms with van der Waals surface area (Å²) in [6, 6.07) is 13.9. The highest BCUT2D eigenvalue weighted by atomic mass is 35.5. The van der Waals surface area contributed by atoms with Gasteiger partial charge in [0.05, 0.1) is 4.90 Å². The normalized spacial score (nSPS) is 11.3. The van der Waals surface area contributed by atoms with Crippen molar-refractivity contribution in [3.8, 4) is 0 Å². The number of ketones is 1. The first kappa shape index (κ1) is 19.1. The maximum Gasteiger partial charge on any atom is 0.321 e. The minimum Gasteiger partial charge on any atom is -0.456 e. The van der Waals surface area contributed by atoms with E-state index in [-0.39, 0.29) is 10.7 Å². The van der Waals surface area contributed by atoms with Crippen molar-refractivity contribution in [1.29, 1.82) is 0 Å². The highest BCUT2D eigenvalue weighted by Crippen LogP contribution is 2.17. The molecule has 0 saturated heterocycles. The van der Waals surface area contributed by atoms with Crippen molar-refractivity contribution in [3.05, 3.63) is 65.2 Å². The van der Waals surface area contributed by atoms with Crippen LogP contribution in [0.15, 0.2) is 59.5 Å². The van der Waals surface area contributed by atoms with E-state index >= 15 is 0 Å². The van der Waals surface area contributed by atoms with Crippen LogP contribution >= 0.6 is 11.6 Å². The van der Waals surface area contributed by atoms with E-state index in [1.54, 1.807) is 30.3 Å². The predicted octanol–water partition coefficient (Wildman–Crippen LogP) is 2.39. The van der Waals surface area contributed by atoms with Crippen LogP contribution in [0.1, 0.15) is 10.4 Å². The second kappa shape index (κ2) is 8.24. The summed E-state index contributed by atoms with van der Waals surface area (Å²) in [5, 5.41) is 0.403. The summed E-state index contributed by atoms with van der Waals surface area (Å²) in [5.41, 5.74) is 0.414. The van der Waals surface area contributed by atoms with E-state index in [2.05, 4.69) is 0 Å². The van der Waals surface area contributed by atoms with Crippen LogP contribution in [0.5, 0.6) is 0 Å². The number of rotatable bonds is 7. The number of carbonyl (C=O) groups excluding carboxylic acids is 2. The Kier molecular flexibility index (Phi) is 6.30. The van der Waals surface area contributed by atoms with Gasteiger partial charge in [-0.05, 0) is 24.3 Å². The number of esters is 1. The first-order valence-electron chi connectivity index (χ1n) is 7.26. The number of likely N-dealkylation sites (N-methyl/N-ethyl adjacent to an activating group) is 1.